The Balaban J connectivity index is 1.66. The van der Waals surface area contributed by atoms with Crippen molar-refractivity contribution in [3.63, 3.8) is 0 Å². The van der Waals surface area contributed by atoms with Gasteiger partial charge in [0.1, 0.15) is 0 Å². The second kappa shape index (κ2) is 4.29. The van der Waals surface area contributed by atoms with Gasteiger partial charge in [-0.3, -0.25) is 4.98 Å². The number of hydrogen-bond acceptors (Lipinski definition) is 3. The Morgan fingerprint density at radius 2 is 2.21 bits per heavy atom. The first kappa shape index (κ1) is 11.4. The monoisotopic (exact) mass is 254 g/mol. The maximum atomic E-state index is 6.48. The van der Waals surface area contributed by atoms with Crippen molar-refractivity contribution >= 4 is 10.9 Å². The van der Waals surface area contributed by atoms with Crippen LogP contribution in [0, 0.1) is 5.92 Å². The van der Waals surface area contributed by atoms with Crippen LogP contribution in [-0.4, -0.2) is 17.2 Å². The second-order valence-electron chi connectivity index (χ2n) is 5.75. The first-order valence-electron chi connectivity index (χ1n) is 7.07. The molecular formula is C16H18N2O. The van der Waals surface area contributed by atoms with Gasteiger partial charge in [0.2, 0.25) is 0 Å². The standard InChI is InChI=1S/C16H18N2O/c17-16(13-9-12-4-6-15(13)19-12)11-3-5-14-10(8-11)2-1-7-18-14/h1-3,5,7-8,12-13,15-16H,4,6,9,17H2. The summed E-state index contributed by atoms with van der Waals surface area (Å²) < 4.78 is 5.92. The van der Waals surface area contributed by atoms with Gasteiger partial charge in [0.05, 0.1) is 17.7 Å². The lowest BCUT2D eigenvalue weighted by molar-refractivity contribution is 0.0885. The zero-order chi connectivity index (χ0) is 12.8. The summed E-state index contributed by atoms with van der Waals surface area (Å²) in [6, 6.07) is 10.5. The highest BCUT2D eigenvalue weighted by atomic mass is 16.5. The molecule has 4 atom stereocenters. The lowest BCUT2D eigenvalue weighted by atomic mass is 9.81. The molecule has 3 heterocycles. The van der Waals surface area contributed by atoms with E-state index < -0.39 is 0 Å². The van der Waals surface area contributed by atoms with Crippen molar-refractivity contribution < 1.29 is 4.74 Å². The zero-order valence-electron chi connectivity index (χ0n) is 10.8. The highest BCUT2D eigenvalue weighted by Gasteiger charge is 2.43. The molecule has 2 aliphatic heterocycles. The van der Waals surface area contributed by atoms with E-state index >= 15 is 0 Å². The van der Waals surface area contributed by atoms with Gasteiger partial charge in [0, 0.05) is 23.5 Å². The van der Waals surface area contributed by atoms with Gasteiger partial charge in [-0.2, -0.15) is 0 Å². The van der Waals surface area contributed by atoms with Gasteiger partial charge < -0.3 is 10.5 Å². The lowest BCUT2D eigenvalue weighted by Crippen LogP contribution is -2.29. The predicted octanol–water partition coefficient (Wildman–Crippen LogP) is 2.80. The van der Waals surface area contributed by atoms with E-state index in [4.69, 9.17) is 10.5 Å². The van der Waals surface area contributed by atoms with Gasteiger partial charge in [0.25, 0.3) is 0 Å². The summed E-state index contributed by atoms with van der Waals surface area (Å²) in [5.74, 6) is 0.480. The Morgan fingerprint density at radius 3 is 3.00 bits per heavy atom. The molecule has 3 nitrogen and oxygen atoms in total. The van der Waals surface area contributed by atoms with E-state index in [0.717, 1.165) is 11.9 Å². The lowest BCUT2D eigenvalue weighted by Gasteiger charge is -2.25. The first-order chi connectivity index (χ1) is 9.31. The largest absolute Gasteiger partial charge is 0.375 e. The molecule has 0 amide bonds. The molecule has 1 aromatic carbocycles. The van der Waals surface area contributed by atoms with Crippen LogP contribution in [0.5, 0.6) is 0 Å². The number of rotatable bonds is 2. The van der Waals surface area contributed by atoms with E-state index in [9.17, 15) is 0 Å². The van der Waals surface area contributed by atoms with Crippen molar-refractivity contribution in [2.24, 2.45) is 11.7 Å². The molecule has 19 heavy (non-hydrogen) atoms. The van der Waals surface area contributed by atoms with E-state index in [1.165, 1.54) is 23.8 Å². The van der Waals surface area contributed by atoms with Gasteiger partial charge in [0.15, 0.2) is 0 Å². The van der Waals surface area contributed by atoms with Gasteiger partial charge in [-0.1, -0.05) is 12.1 Å². The molecule has 2 N–H and O–H groups in total. The zero-order valence-corrected chi connectivity index (χ0v) is 10.8. The number of benzene rings is 1. The summed E-state index contributed by atoms with van der Waals surface area (Å²) in [5, 5.41) is 1.17. The summed E-state index contributed by atoms with van der Waals surface area (Å²) in [7, 11) is 0. The fraction of sp³-hybridized carbons (Fsp3) is 0.438. The summed E-state index contributed by atoms with van der Waals surface area (Å²) in [6.07, 6.45) is 6.18. The van der Waals surface area contributed by atoms with E-state index in [1.807, 2.05) is 12.3 Å². The molecule has 3 heteroatoms. The van der Waals surface area contributed by atoms with E-state index in [1.54, 1.807) is 0 Å². The van der Waals surface area contributed by atoms with Crippen LogP contribution in [0.3, 0.4) is 0 Å². The minimum absolute atomic E-state index is 0.0832. The van der Waals surface area contributed by atoms with Crippen LogP contribution in [0.1, 0.15) is 30.9 Å². The van der Waals surface area contributed by atoms with Crippen LogP contribution in [0.25, 0.3) is 10.9 Å². The van der Waals surface area contributed by atoms with Crippen molar-refractivity contribution in [2.45, 2.75) is 37.5 Å². The summed E-state index contributed by atoms with van der Waals surface area (Å²) >= 11 is 0. The third kappa shape index (κ3) is 1.85. The molecule has 2 fully saturated rings. The fourth-order valence-corrected chi connectivity index (χ4v) is 3.60. The molecule has 0 aliphatic carbocycles. The number of nitrogens with zero attached hydrogens (tertiary/aromatic N) is 1. The molecule has 1 aromatic heterocycles. The molecule has 0 radical (unpaired) electrons. The van der Waals surface area contributed by atoms with Crippen molar-refractivity contribution in [3.05, 3.63) is 42.1 Å². The second-order valence-corrected chi connectivity index (χ2v) is 5.75. The maximum Gasteiger partial charge on any atom is 0.0702 e. The first-order valence-corrected chi connectivity index (χ1v) is 7.07. The highest BCUT2D eigenvalue weighted by molar-refractivity contribution is 5.79. The average molecular weight is 254 g/mol. The van der Waals surface area contributed by atoms with Crippen LogP contribution < -0.4 is 5.73 Å². The van der Waals surface area contributed by atoms with Gasteiger partial charge in [-0.25, -0.2) is 0 Å². The Kier molecular flexibility index (Phi) is 2.57. The SMILES string of the molecule is NC(c1ccc2ncccc2c1)C1CC2CCC1O2. The third-order valence-corrected chi connectivity index (χ3v) is 4.63. The molecular weight excluding hydrogens is 236 g/mol. The molecule has 2 aromatic rings. The fourth-order valence-electron chi connectivity index (χ4n) is 3.60. The Morgan fingerprint density at radius 1 is 1.26 bits per heavy atom. The van der Waals surface area contributed by atoms with Crippen molar-refractivity contribution in [3.8, 4) is 0 Å². The number of aromatic nitrogens is 1. The number of hydrogen-bond donors (Lipinski definition) is 1. The van der Waals surface area contributed by atoms with Crippen molar-refractivity contribution in [2.75, 3.05) is 0 Å². The van der Waals surface area contributed by atoms with Crippen molar-refractivity contribution in [1.29, 1.82) is 0 Å². The minimum Gasteiger partial charge on any atom is -0.375 e. The predicted molar refractivity (Wildman–Crippen MR) is 74.7 cm³/mol. The number of ether oxygens (including phenoxy) is 1. The summed E-state index contributed by atoms with van der Waals surface area (Å²) in [4.78, 5) is 4.35. The van der Waals surface area contributed by atoms with Crippen LogP contribution >= 0.6 is 0 Å². The molecule has 2 saturated heterocycles. The normalized spacial score (nSPS) is 30.9. The Hall–Kier alpha value is -1.45. The minimum atomic E-state index is 0.0832. The molecule has 2 aliphatic rings. The van der Waals surface area contributed by atoms with Crippen LogP contribution in [0.4, 0.5) is 0 Å². The van der Waals surface area contributed by atoms with Gasteiger partial charge >= 0.3 is 0 Å². The molecule has 0 saturated carbocycles. The third-order valence-electron chi connectivity index (χ3n) is 4.63. The van der Waals surface area contributed by atoms with E-state index in [-0.39, 0.29) is 6.04 Å². The average Bonchev–Trinajstić information content (AvgIpc) is 3.08. The van der Waals surface area contributed by atoms with Crippen LogP contribution in [0.15, 0.2) is 36.5 Å². The Labute approximate surface area is 112 Å². The van der Waals surface area contributed by atoms with Crippen LogP contribution in [0.2, 0.25) is 0 Å². The van der Waals surface area contributed by atoms with Gasteiger partial charge in [-0.15, -0.1) is 0 Å². The van der Waals surface area contributed by atoms with E-state index in [0.29, 0.717) is 18.1 Å². The molecule has 4 rings (SSSR count). The topological polar surface area (TPSA) is 48.1 Å². The molecule has 2 bridgehead atoms. The highest BCUT2D eigenvalue weighted by Crippen LogP contribution is 2.43. The summed E-state index contributed by atoms with van der Waals surface area (Å²) in [5.41, 5.74) is 8.72. The van der Waals surface area contributed by atoms with E-state index in [2.05, 4.69) is 29.2 Å². The number of fused-ring (bicyclic) bond motifs is 3. The maximum absolute atomic E-state index is 6.48. The van der Waals surface area contributed by atoms with Crippen molar-refractivity contribution in [1.82, 2.24) is 4.98 Å². The quantitative estimate of drug-likeness (QED) is 0.896. The molecule has 0 spiro atoms. The number of nitrogens with two attached hydrogens (primary N) is 1. The Bertz CT molecular complexity index is 612. The smallest absolute Gasteiger partial charge is 0.0702 e. The molecule has 98 valence electrons. The summed E-state index contributed by atoms with van der Waals surface area (Å²) in [6.45, 7) is 0. The number of pyridine rings is 1. The van der Waals surface area contributed by atoms with Crippen LogP contribution in [-0.2, 0) is 4.74 Å². The molecule has 4 unspecified atom stereocenters. The van der Waals surface area contributed by atoms with Gasteiger partial charge in [-0.05, 0) is 43.0 Å².